The summed E-state index contributed by atoms with van der Waals surface area (Å²) in [5, 5.41) is 43.8. The van der Waals surface area contributed by atoms with Crippen molar-refractivity contribution in [2.24, 2.45) is 0 Å². The van der Waals surface area contributed by atoms with Crippen LogP contribution in [0.4, 0.5) is 0 Å². The van der Waals surface area contributed by atoms with Gasteiger partial charge in [0.1, 0.15) is 23.6 Å². The van der Waals surface area contributed by atoms with Crippen molar-refractivity contribution in [3.05, 3.63) is 47.5 Å². The van der Waals surface area contributed by atoms with Crippen molar-refractivity contribution in [2.45, 2.75) is 21.9 Å². The highest BCUT2D eigenvalue weighted by Crippen LogP contribution is 2.28. The molecule has 12 nitrogen and oxygen atoms in total. The summed E-state index contributed by atoms with van der Waals surface area (Å²) in [5.74, 6) is -3.76. The van der Waals surface area contributed by atoms with Gasteiger partial charge >= 0.3 is 11.9 Å². The Morgan fingerprint density at radius 2 is 1.12 bits per heavy atom. The molecule has 0 fully saturated rings. The second-order valence-corrected chi connectivity index (χ2v) is 8.24. The molecule has 0 aliphatic carbocycles. The standard InChI is InChI=1S/C18H20N2O10S2/c21-13-3-1-9(31(27)28)7-11(13)15(17(23)24)19-5-6-20-16(18(25)26)12-8-10(32(29)30)2-4-14(12)22/h1-4,7-8,15-16,19-22H,5-6H2,(H,23,24)(H,25,26)(H,27,28)(H,29,30)/p-2. The summed E-state index contributed by atoms with van der Waals surface area (Å²) in [5.41, 5.74) is -0.422. The summed E-state index contributed by atoms with van der Waals surface area (Å²) in [6.07, 6.45) is 0. The first kappa shape index (κ1) is 25.4. The van der Waals surface area contributed by atoms with Crippen molar-refractivity contribution in [2.75, 3.05) is 13.1 Å². The third-order valence-corrected chi connectivity index (χ3v) is 5.60. The number of carbonyl (C=O) groups is 2. The van der Waals surface area contributed by atoms with Crippen LogP contribution in [0.2, 0.25) is 0 Å². The Balaban J connectivity index is 2.14. The van der Waals surface area contributed by atoms with Crippen molar-refractivity contribution in [1.82, 2.24) is 10.6 Å². The monoisotopic (exact) mass is 486 g/mol. The second-order valence-electron chi connectivity index (χ2n) is 6.36. The van der Waals surface area contributed by atoms with Gasteiger partial charge in [-0.05, 0) is 58.6 Å². The van der Waals surface area contributed by atoms with Crippen molar-refractivity contribution >= 4 is 34.1 Å². The van der Waals surface area contributed by atoms with Crippen LogP contribution in [0.5, 0.6) is 11.5 Å². The Kier molecular flexibility index (Phi) is 8.82. The molecule has 0 saturated carbocycles. The first-order valence-corrected chi connectivity index (χ1v) is 10.9. The molecule has 0 radical (unpaired) electrons. The molecule has 174 valence electrons. The van der Waals surface area contributed by atoms with Gasteiger partial charge in [0, 0.05) is 34.0 Å². The van der Waals surface area contributed by atoms with E-state index >= 15 is 0 Å². The Hall–Kier alpha value is -2.88. The first-order chi connectivity index (χ1) is 15.0. The zero-order valence-electron chi connectivity index (χ0n) is 16.1. The van der Waals surface area contributed by atoms with Crippen LogP contribution in [-0.4, -0.2) is 63.0 Å². The quantitative estimate of drug-likeness (QED) is 0.178. The number of benzene rings is 2. The third kappa shape index (κ3) is 6.32. The molecule has 0 heterocycles. The molecule has 6 N–H and O–H groups in total. The summed E-state index contributed by atoms with van der Waals surface area (Å²) in [6, 6.07) is 3.21. The van der Waals surface area contributed by atoms with Gasteiger partial charge in [0.05, 0.1) is 0 Å². The van der Waals surface area contributed by atoms with Crippen LogP contribution in [0.25, 0.3) is 0 Å². The molecule has 2 aromatic rings. The number of rotatable bonds is 11. The van der Waals surface area contributed by atoms with E-state index in [9.17, 15) is 47.5 Å². The van der Waals surface area contributed by atoms with Crippen LogP contribution in [0.15, 0.2) is 46.2 Å². The smallest absolute Gasteiger partial charge is 0.325 e. The summed E-state index contributed by atoms with van der Waals surface area (Å²) in [4.78, 5) is 22.7. The maximum atomic E-state index is 11.6. The lowest BCUT2D eigenvalue weighted by atomic mass is 10.1. The fraction of sp³-hybridized carbons (Fsp3) is 0.222. The Bertz CT molecular complexity index is 979. The highest BCUT2D eigenvalue weighted by Gasteiger charge is 2.25. The fourth-order valence-corrected chi connectivity index (χ4v) is 3.63. The number of aliphatic carboxylic acids is 2. The molecule has 2 aromatic carbocycles. The van der Waals surface area contributed by atoms with Gasteiger partial charge in [0.2, 0.25) is 0 Å². The normalized spacial score (nSPS) is 14.9. The van der Waals surface area contributed by atoms with Crippen LogP contribution >= 0.6 is 0 Å². The number of phenolic OH excluding ortho intramolecular Hbond substituents is 2. The van der Waals surface area contributed by atoms with Gasteiger partial charge in [-0.1, -0.05) is 0 Å². The van der Waals surface area contributed by atoms with Crippen LogP contribution in [0.3, 0.4) is 0 Å². The number of nitrogens with one attached hydrogen (secondary N) is 2. The topological polar surface area (TPSA) is 219 Å². The maximum Gasteiger partial charge on any atom is 0.325 e. The Morgan fingerprint density at radius 3 is 1.41 bits per heavy atom. The third-order valence-electron chi connectivity index (χ3n) is 4.32. The van der Waals surface area contributed by atoms with E-state index in [0.29, 0.717) is 0 Å². The van der Waals surface area contributed by atoms with E-state index in [2.05, 4.69) is 10.6 Å². The van der Waals surface area contributed by atoms with Crippen LogP contribution < -0.4 is 10.6 Å². The van der Waals surface area contributed by atoms with Gasteiger partial charge < -0.3 is 29.5 Å². The molecule has 0 bridgehead atoms. The van der Waals surface area contributed by atoms with E-state index in [-0.39, 0.29) is 34.0 Å². The molecule has 0 amide bonds. The second kappa shape index (κ2) is 11.1. The molecule has 0 aliphatic heterocycles. The molecule has 0 spiro atoms. The van der Waals surface area contributed by atoms with Crippen LogP contribution in [-0.2, 0) is 31.7 Å². The number of hydrogen-bond donors (Lipinski definition) is 6. The lowest BCUT2D eigenvalue weighted by Crippen LogP contribution is -2.37. The first-order valence-electron chi connectivity index (χ1n) is 8.79. The SMILES string of the molecule is O=C(O)C(NCCNC(C(=O)O)c1cc(S(=O)[O-])ccc1O)c1cc(S(=O)[O-])ccc1O. The van der Waals surface area contributed by atoms with Crippen molar-refractivity contribution in [3.63, 3.8) is 0 Å². The largest absolute Gasteiger partial charge is 0.768 e. The van der Waals surface area contributed by atoms with Crippen molar-refractivity contribution < 1.29 is 47.5 Å². The number of aromatic hydroxyl groups is 2. The maximum absolute atomic E-state index is 11.6. The van der Waals surface area contributed by atoms with Crippen molar-refractivity contribution in [3.8, 4) is 11.5 Å². The van der Waals surface area contributed by atoms with Gasteiger partial charge in [-0.25, -0.2) is 0 Å². The minimum Gasteiger partial charge on any atom is -0.768 e. The summed E-state index contributed by atoms with van der Waals surface area (Å²) >= 11 is -5.30. The van der Waals surface area contributed by atoms with Gasteiger partial charge in [-0.2, -0.15) is 0 Å². The zero-order chi connectivity index (χ0) is 24.0. The molecule has 32 heavy (non-hydrogen) atoms. The Labute approximate surface area is 186 Å². The molecule has 0 saturated heterocycles. The lowest BCUT2D eigenvalue weighted by molar-refractivity contribution is -0.141. The molecular weight excluding hydrogens is 468 g/mol. The highest BCUT2D eigenvalue weighted by atomic mass is 32.2. The molecule has 4 unspecified atom stereocenters. The van der Waals surface area contributed by atoms with E-state index in [4.69, 9.17) is 0 Å². The number of hydrogen-bond acceptors (Lipinski definition) is 10. The van der Waals surface area contributed by atoms with E-state index in [0.717, 1.165) is 36.4 Å². The summed E-state index contributed by atoms with van der Waals surface area (Å²) in [7, 11) is 0. The minimum atomic E-state index is -2.65. The highest BCUT2D eigenvalue weighted by molar-refractivity contribution is 7.79. The number of phenols is 2. The van der Waals surface area contributed by atoms with E-state index in [1.165, 1.54) is 0 Å². The zero-order valence-corrected chi connectivity index (χ0v) is 17.7. The molecule has 14 heteroatoms. The van der Waals surface area contributed by atoms with E-state index in [1.54, 1.807) is 0 Å². The van der Waals surface area contributed by atoms with Crippen LogP contribution in [0.1, 0.15) is 23.2 Å². The molecule has 0 aromatic heterocycles. The van der Waals surface area contributed by atoms with Gasteiger partial charge in [-0.15, -0.1) is 0 Å². The predicted molar refractivity (Wildman–Crippen MR) is 107 cm³/mol. The predicted octanol–water partition coefficient (Wildman–Crippen LogP) is -0.295. The average Bonchev–Trinajstić information content (AvgIpc) is 2.71. The average molecular weight is 486 g/mol. The van der Waals surface area contributed by atoms with Gasteiger partial charge in [-0.3, -0.25) is 28.6 Å². The lowest BCUT2D eigenvalue weighted by Gasteiger charge is -2.20. The molecule has 0 aliphatic rings. The van der Waals surface area contributed by atoms with E-state index in [1.807, 2.05) is 0 Å². The van der Waals surface area contributed by atoms with Crippen molar-refractivity contribution in [1.29, 1.82) is 0 Å². The number of carboxylic acids is 2. The molecule has 2 rings (SSSR count). The fourth-order valence-electron chi connectivity index (χ4n) is 2.83. The summed E-state index contributed by atoms with van der Waals surface area (Å²) < 4.78 is 44.4. The molecule has 4 atom stereocenters. The minimum absolute atomic E-state index is 0.154. The Morgan fingerprint density at radius 1 is 0.781 bits per heavy atom. The van der Waals surface area contributed by atoms with Gasteiger partial charge in [0.15, 0.2) is 0 Å². The molecular formula is C18H18N2O10S2-2. The number of carboxylic acid groups (broad SMARTS) is 2. The van der Waals surface area contributed by atoms with E-state index < -0.39 is 57.7 Å². The van der Waals surface area contributed by atoms with Crippen LogP contribution in [0, 0.1) is 0 Å². The van der Waals surface area contributed by atoms with Gasteiger partial charge in [0.25, 0.3) is 0 Å². The summed E-state index contributed by atoms with van der Waals surface area (Å²) in [6.45, 7) is -0.308.